The molecule has 0 unspecified atom stereocenters. The van der Waals surface area contributed by atoms with E-state index in [9.17, 15) is 9.59 Å². The van der Waals surface area contributed by atoms with Crippen LogP contribution in [-0.2, 0) is 4.79 Å². The van der Waals surface area contributed by atoms with E-state index in [2.05, 4.69) is 10.1 Å². The normalized spacial score (nSPS) is 20.4. The number of likely N-dealkylation sites (N-methyl/N-ethyl adjacent to an activating group) is 1. The van der Waals surface area contributed by atoms with E-state index in [0.29, 0.717) is 30.5 Å². The van der Waals surface area contributed by atoms with Crippen molar-refractivity contribution in [2.75, 3.05) is 31.6 Å². The van der Waals surface area contributed by atoms with Gasteiger partial charge in [0.25, 0.3) is 0 Å². The highest BCUT2D eigenvalue weighted by molar-refractivity contribution is 6.20. The zero-order chi connectivity index (χ0) is 17.6. The fourth-order valence-corrected chi connectivity index (χ4v) is 3.94. The van der Waals surface area contributed by atoms with Crippen LogP contribution in [0.1, 0.15) is 43.4 Å². The summed E-state index contributed by atoms with van der Waals surface area (Å²) in [5.41, 5.74) is 1.41. The van der Waals surface area contributed by atoms with Crippen LogP contribution in [0, 0.1) is 6.92 Å². The maximum Gasteiger partial charge on any atom is 0.333 e. The number of anilines is 1. The Hall–Kier alpha value is -2.38. The van der Waals surface area contributed by atoms with E-state index in [1.165, 1.54) is 11.3 Å². The van der Waals surface area contributed by atoms with Gasteiger partial charge in [-0.3, -0.25) is 19.6 Å². The van der Waals surface area contributed by atoms with Gasteiger partial charge in [-0.1, -0.05) is 24.4 Å². The van der Waals surface area contributed by atoms with E-state index >= 15 is 0 Å². The minimum absolute atomic E-state index is 0.0305. The fraction of sp³-hybridized carbons (Fsp3) is 0.647. The number of nitrogens with zero attached hydrogens (tertiary/aromatic N) is 5. The number of aromatic nitrogens is 1. The number of carbonyl (C=O) groups is 2. The van der Waals surface area contributed by atoms with Gasteiger partial charge in [0.05, 0.1) is 12.2 Å². The van der Waals surface area contributed by atoms with Gasteiger partial charge in [0.2, 0.25) is 11.8 Å². The summed E-state index contributed by atoms with van der Waals surface area (Å²) in [6, 6.07) is 0.00581. The van der Waals surface area contributed by atoms with Crippen LogP contribution in [0.2, 0.25) is 0 Å². The maximum absolute atomic E-state index is 12.8. The minimum atomic E-state index is -0.259. The van der Waals surface area contributed by atoms with Crippen LogP contribution in [0.25, 0.3) is 0 Å². The summed E-state index contributed by atoms with van der Waals surface area (Å²) in [4.78, 5) is 34.8. The molecule has 8 heteroatoms. The lowest BCUT2D eigenvalue weighted by atomic mass is 9.94. The predicted octanol–water partition coefficient (Wildman–Crippen LogP) is 1.78. The molecule has 8 nitrogen and oxygen atoms in total. The minimum Gasteiger partial charge on any atom is -0.341 e. The number of carbonyl (C=O) groups excluding carboxylic acids is 2. The van der Waals surface area contributed by atoms with Crippen molar-refractivity contribution in [3.63, 3.8) is 0 Å². The highest BCUT2D eigenvalue weighted by Crippen LogP contribution is 2.33. The first-order valence-corrected chi connectivity index (χ1v) is 8.93. The second-order valence-corrected chi connectivity index (χ2v) is 6.97. The Kier molecular flexibility index (Phi) is 3.97. The molecule has 0 N–H and O–H groups in total. The number of hydrogen-bond donors (Lipinski definition) is 0. The third-order valence-electron chi connectivity index (χ3n) is 5.43. The van der Waals surface area contributed by atoms with Crippen LogP contribution in [0.4, 0.5) is 10.7 Å². The topological polar surface area (TPSA) is 82.2 Å². The van der Waals surface area contributed by atoms with E-state index in [1.807, 2.05) is 14.0 Å². The van der Waals surface area contributed by atoms with Crippen molar-refractivity contribution in [3.05, 3.63) is 11.3 Å². The van der Waals surface area contributed by atoms with Crippen LogP contribution in [-0.4, -0.2) is 65.5 Å². The molecule has 0 bridgehead atoms. The molecule has 0 aromatic carbocycles. The van der Waals surface area contributed by atoms with Gasteiger partial charge in [-0.15, -0.1) is 0 Å². The van der Waals surface area contributed by atoms with Crippen LogP contribution >= 0.6 is 0 Å². The molecule has 3 aliphatic rings. The molecule has 2 aliphatic heterocycles. The van der Waals surface area contributed by atoms with Gasteiger partial charge in [-0.2, -0.15) is 0 Å². The van der Waals surface area contributed by atoms with E-state index in [0.717, 1.165) is 31.2 Å². The Bertz CT molecular complexity index is 735. The summed E-state index contributed by atoms with van der Waals surface area (Å²) in [7, 11) is 1.84. The highest BCUT2D eigenvalue weighted by atomic mass is 16.5. The van der Waals surface area contributed by atoms with Gasteiger partial charge in [0.15, 0.2) is 0 Å². The maximum atomic E-state index is 12.8. The van der Waals surface area contributed by atoms with Gasteiger partial charge in [-0.05, 0) is 19.8 Å². The number of rotatable bonds is 3. The average Bonchev–Trinajstić information content (AvgIpc) is 3.25. The molecule has 1 fully saturated rings. The smallest absolute Gasteiger partial charge is 0.333 e. The summed E-state index contributed by atoms with van der Waals surface area (Å²) >= 11 is 0. The van der Waals surface area contributed by atoms with Crippen LogP contribution in [0.5, 0.6) is 0 Å². The Labute approximate surface area is 146 Å². The van der Waals surface area contributed by atoms with Gasteiger partial charge in [-0.25, -0.2) is 4.79 Å². The SMILES string of the molecule is Cc1noc2c1C1=NCCN1C(=O)N2CC(=O)N(C)C1CCCCC1. The van der Waals surface area contributed by atoms with Crippen LogP contribution in [0.15, 0.2) is 9.52 Å². The second-order valence-electron chi connectivity index (χ2n) is 6.97. The van der Waals surface area contributed by atoms with E-state index in [-0.39, 0.29) is 24.5 Å². The fourth-order valence-electron chi connectivity index (χ4n) is 3.94. The molecule has 1 aliphatic carbocycles. The van der Waals surface area contributed by atoms with Gasteiger partial charge >= 0.3 is 6.03 Å². The number of fused-ring (bicyclic) bond motifs is 3. The summed E-state index contributed by atoms with van der Waals surface area (Å²) in [6.07, 6.45) is 5.62. The summed E-state index contributed by atoms with van der Waals surface area (Å²) in [5, 5.41) is 3.98. The number of aryl methyl sites for hydroxylation is 1. The first-order chi connectivity index (χ1) is 12.1. The molecule has 1 saturated carbocycles. The molecule has 0 atom stereocenters. The molecule has 3 amide bonds. The lowest BCUT2D eigenvalue weighted by Gasteiger charge is -2.35. The molecule has 4 rings (SSSR count). The largest absolute Gasteiger partial charge is 0.341 e. The molecule has 0 saturated heterocycles. The van der Waals surface area contributed by atoms with E-state index < -0.39 is 0 Å². The van der Waals surface area contributed by atoms with E-state index in [1.54, 1.807) is 9.80 Å². The molecule has 3 heterocycles. The molecule has 0 spiro atoms. The van der Waals surface area contributed by atoms with Crippen molar-refractivity contribution in [1.29, 1.82) is 0 Å². The van der Waals surface area contributed by atoms with Crippen molar-refractivity contribution < 1.29 is 14.1 Å². The van der Waals surface area contributed by atoms with Crippen molar-refractivity contribution in [2.45, 2.75) is 45.1 Å². The molecule has 1 aromatic rings. The van der Waals surface area contributed by atoms with E-state index in [4.69, 9.17) is 4.52 Å². The Morgan fingerprint density at radius 1 is 1.32 bits per heavy atom. The first kappa shape index (κ1) is 16.1. The lowest BCUT2D eigenvalue weighted by Crippen LogP contribution is -2.53. The predicted molar refractivity (Wildman–Crippen MR) is 91.7 cm³/mol. The molecular formula is C17H23N5O3. The summed E-state index contributed by atoms with van der Waals surface area (Å²) in [5.74, 6) is 0.882. The number of aliphatic imine (C=N–C) groups is 1. The zero-order valence-corrected chi connectivity index (χ0v) is 14.7. The quantitative estimate of drug-likeness (QED) is 0.836. The number of hydrogen-bond acceptors (Lipinski definition) is 5. The van der Waals surface area contributed by atoms with Gasteiger partial charge in [0, 0.05) is 19.6 Å². The number of amides is 3. The molecule has 1 aromatic heterocycles. The van der Waals surface area contributed by atoms with Crippen LogP contribution < -0.4 is 4.90 Å². The highest BCUT2D eigenvalue weighted by Gasteiger charge is 2.42. The van der Waals surface area contributed by atoms with Crippen molar-refractivity contribution >= 4 is 23.7 Å². The third kappa shape index (κ3) is 2.60. The van der Waals surface area contributed by atoms with Crippen molar-refractivity contribution in [3.8, 4) is 0 Å². The van der Waals surface area contributed by atoms with Crippen LogP contribution in [0.3, 0.4) is 0 Å². The molecule has 134 valence electrons. The number of urea groups is 1. The Balaban J connectivity index is 1.57. The average molecular weight is 345 g/mol. The summed E-state index contributed by atoms with van der Waals surface area (Å²) in [6.45, 7) is 2.89. The third-order valence-corrected chi connectivity index (χ3v) is 5.43. The monoisotopic (exact) mass is 345 g/mol. The molecular weight excluding hydrogens is 322 g/mol. The van der Waals surface area contributed by atoms with Gasteiger partial charge in [0.1, 0.15) is 17.9 Å². The second kappa shape index (κ2) is 6.16. The molecule has 0 radical (unpaired) electrons. The molecule has 25 heavy (non-hydrogen) atoms. The number of amidine groups is 1. The first-order valence-electron chi connectivity index (χ1n) is 8.93. The summed E-state index contributed by atoms with van der Waals surface area (Å²) < 4.78 is 5.38. The van der Waals surface area contributed by atoms with Gasteiger partial charge < -0.3 is 9.42 Å². The van der Waals surface area contributed by atoms with Crippen molar-refractivity contribution in [2.24, 2.45) is 4.99 Å². The zero-order valence-electron chi connectivity index (χ0n) is 14.7. The van der Waals surface area contributed by atoms with Crippen molar-refractivity contribution in [1.82, 2.24) is 15.0 Å². The standard InChI is InChI=1S/C17H23N5O3/c1-11-14-15-18-8-9-21(15)17(24)22(16(14)25-19-11)10-13(23)20(2)12-6-4-3-5-7-12/h12H,3-10H2,1-2H3. The lowest BCUT2D eigenvalue weighted by molar-refractivity contribution is -0.131. The Morgan fingerprint density at radius 2 is 2.08 bits per heavy atom. The Morgan fingerprint density at radius 3 is 2.84 bits per heavy atom.